The number of halogens is 1. The molecule has 0 amide bonds. The fourth-order valence-corrected chi connectivity index (χ4v) is 2.34. The molecule has 0 aromatic heterocycles. The van der Waals surface area contributed by atoms with E-state index in [1.54, 1.807) is 6.07 Å². The molecule has 0 heterocycles. The summed E-state index contributed by atoms with van der Waals surface area (Å²) in [5, 5.41) is 3.12. The lowest BCUT2D eigenvalue weighted by Gasteiger charge is -2.22. The van der Waals surface area contributed by atoms with Gasteiger partial charge in [0.15, 0.2) is 0 Å². The van der Waals surface area contributed by atoms with Gasteiger partial charge < -0.3 is 5.32 Å². The van der Waals surface area contributed by atoms with Crippen LogP contribution in [0.15, 0.2) is 18.2 Å². The zero-order valence-corrected chi connectivity index (χ0v) is 13.2. The van der Waals surface area contributed by atoms with E-state index in [9.17, 15) is 4.39 Å². The van der Waals surface area contributed by atoms with Gasteiger partial charge in [0.05, 0.1) is 0 Å². The molecule has 20 heavy (non-hydrogen) atoms. The normalized spacial score (nSPS) is 11.2. The van der Waals surface area contributed by atoms with Gasteiger partial charge in [0.1, 0.15) is 5.82 Å². The summed E-state index contributed by atoms with van der Waals surface area (Å²) in [6, 6.07) is 5.45. The molecule has 2 nitrogen and oxygen atoms in total. The van der Waals surface area contributed by atoms with Crippen LogP contribution in [0.5, 0.6) is 0 Å². The van der Waals surface area contributed by atoms with Crippen molar-refractivity contribution in [3.05, 3.63) is 35.1 Å². The van der Waals surface area contributed by atoms with E-state index < -0.39 is 0 Å². The van der Waals surface area contributed by atoms with E-state index in [-0.39, 0.29) is 5.82 Å². The molecule has 0 spiro atoms. The Hall–Kier alpha value is -0.930. The molecule has 1 rings (SSSR count). The Kier molecular flexibility index (Phi) is 8.47. The third kappa shape index (κ3) is 6.02. The summed E-state index contributed by atoms with van der Waals surface area (Å²) in [5.74, 6) is -0.0807. The maximum Gasteiger partial charge on any atom is 0.127 e. The van der Waals surface area contributed by atoms with Crippen molar-refractivity contribution < 1.29 is 4.39 Å². The van der Waals surface area contributed by atoms with E-state index in [1.807, 2.05) is 19.2 Å². The average molecular weight is 280 g/mol. The van der Waals surface area contributed by atoms with Crippen LogP contribution in [0.4, 0.5) is 4.39 Å². The number of unbranched alkanes of at least 4 members (excludes halogenated alkanes) is 2. The highest BCUT2D eigenvalue weighted by Crippen LogP contribution is 2.14. The minimum Gasteiger partial charge on any atom is -0.316 e. The van der Waals surface area contributed by atoms with Crippen molar-refractivity contribution in [1.82, 2.24) is 10.2 Å². The van der Waals surface area contributed by atoms with Crippen molar-refractivity contribution in [1.29, 1.82) is 0 Å². The maximum absolute atomic E-state index is 14.0. The summed E-state index contributed by atoms with van der Waals surface area (Å²) in [6.07, 6.45) is 4.74. The molecule has 0 bridgehead atoms. The van der Waals surface area contributed by atoms with Gasteiger partial charge in [-0.05, 0) is 44.6 Å². The SMILES string of the molecule is CCCCN(CCCC)Cc1cc(CNC)ccc1F. The first kappa shape index (κ1) is 17.1. The number of nitrogens with one attached hydrogen (secondary N) is 1. The third-order valence-electron chi connectivity index (χ3n) is 3.54. The van der Waals surface area contributed by atoms with Crippen LogP contribution in [0, 0.1) is 5.82 Å². The van der Waals surface area contributed by atoms with Crippen LogP contribution in [-0.2, 0) is 13.1 Å². The summed E-state index contributed by atoms with van der Waals surface area (Å²) >= 11 is 0. The molecular formula is C17H29FN2. The Balaban J connectivity index is 2.71. The molecule has 114 valence electrons. The number of benzene rings is 1. The second-order valence-electron chi connectivity index (χ2n) is 5.44. The third-order valence-corrected chi connectivity index (χ3v) is 3.54. The van der Waals surface area contributed by atoms with Crippen molar-refractivity contribution in [2.45, 2.75) is 52.6 Å². The second-order valence-corrected chi connectivity index (χ2v) is 5.44. The van der Waals surface area contributed by atoms with Gasteiger partial charge in [0.2, 0.25) is 0 Å². The lowest BCUT2D eigenvalue weighted by Crippen LogP contribution is -2.26. The van der Waals surface area contributed by atoms with E-state index >= 15 is 0 Å². The highest BCUT2D eigenvalue weighted by atomic mass is 19.1. The molecule has 0 atom stereocenters. The Morgan fingerprint density at radius 3 is 2.30 bits per heavy atom. The molecule has 0 unspecified atom stereocenters. The first-order valence-corrected chi connectivity index (χ1v) is 7.85. The zero-order chi connectivity index (χ0) is 14.8. The van der Waals surface area contributed by atoms with Gasteiger partial charge in [-0.1, -0.05) is 38.8 Å². The van der Waals surface area contributed by atoms with Crippen LogP contribution >= 0.6 is 0 Å². The lowest BCUT2D eigenvalue weighted by molar-refractivity contribution is 0.253. The van der Waals surface area contributed by atoms with E-state index in [4.69, 9.17) is 0 Å². The van der Waals surface area contributed by atoms with E-state index in [2.05, 4.69) is 24.1 Å². The molecule has 0 saturated heterocycles. The molecular weight excluding hydrogens is 251 g/mol. The minimum absolute atomic E-state index is 0.0807. The van der Waals surface area contributed by atoms with Crippen LogP contribution in [0.3, 0.4) is 0 Å². The van der Waals surface area contributed by atoms with Gasteiger partial charge in [0, 0.05) is 18.7 Å². The molecule has 0 aliphatic carbocycles. The van der Waals surface area contributed by atoms with Crippen molar-refractivity contribution in [3.63, 3.8) is 0 Å². The van der Waals surface area contributed by atoms with Gasteiger partial charge in [-0.15, -0.1) is 0 Å². The highest BCUT2D eigenvalue weighted by Gasteiger charge is 2.09. The number of nitrogens with zero attached hydrogens (tertiary/aromatic N) is 1. The smallest absolute Gasteiger partial charge is 0.127 e. The van der Waals surface area contributed by atoms with Crippen LogP contribution in [0.1, 0.15) is 50.7 Å². The number of hydrogen-bond donors (Lipinski definition) is 1. The van der Waals surface area contributed by atoms with Crippen molar-refractivity contribution in [2.24, 2.45) is 0 Å². The van der Waals surface area contributed by atoms with E-state index in [0.29, 0.717) is 0 Å². The largest absolute Gasteiger partial charge is 0.316 e. The Labute approximate surface area is 123 Å². The van der Waals surface area contributed by atoms with Crippen molar-refractivity contribution in [3.8, 4) is 0 Å². The molecule has 0 aliphatic rings. The van der Waals surface area contributed by atoms with Crippen LogP contribution in [0.25, 0.3) is 0 Å². The molecule has 0 radical (unpaired) electrons. The summed E-state index contributed by atoms with van der Waals surface area (Å²) in [6.45, 7) is 8.04. The average Bonchev–Trinajstić information content (AvgIpc) is 2.45. The van der Waals surface area contributed by atoms with E-state index in [1.165, 1.54) is 25.7 Å². The highest BCUT2D eigenvalue weighted by molar-refractivity contribution is 5.25. The zero-order valence-electron chi connectivity index (χ0n) is 13.2. The standard InChI is InChI=1S/C17H29FN2/c1-4-6-10-20(11-7-5-2)14-16-12-15(13-19-3)8-9-17(16)18/h8-9,12,19H,4-7,10-11,13-14H2,1-3H3. The fourth-order valence-electron chi connectivity index (χ4n) is 2.34. The second kappa shape index (κ2) is 9.89. The predicted octanol–water partition coefficient (Wildman–Crippen LogP) is 3.95. The first-order chi connectivity index (χ1) is 9.71. The topological polar surface area (TPSA) is 15.3 Å². The summed E-state index contributed by atoms with van der Waals surface area (Å²) in [7, 11) is 1.91. The summed E-state index contributed by atoms with van der Waals surface area (Å²) < 4.78 is 14.0. The van der Waals surface area contributed by atoms with Crippen LogP contribution in [0.2, 0.25) is 0 Å². The molecule has 1 N–H and O–H groups in total. The molecule has 3 heteroatoms. The molecule has 0 aliphatic heterocycles. The summed E-state index contributed by atoms with van der Waals surface area (Å²) in [5.41, 5.74) is 1.97. The van der Waals surface area contributed by atoms with Gasteiger partial charge >= 0.3 is 0 Å². The van der Waals surface area contributed by atoms with Gasteiger partial charge in [-0.3, -0.25) is 4.90 Å². The first-order valence-electron chi connectivity index (χ1n) is 7.85. The molecule has 0 saturated carbocycles. The van der Waals surface area contributed by atoms with Gasteiger partial charge in [-0.2, -0.15) is 0 Å². The van der Waals surface area contributed by atoms with Gasteiger partial charge in [-0.25, -0.2) is 4.39 Å². The fraction of sp³-hybridized carbons (Fsp3) is 0.647. The lowest BCUT2D eigenvalue weighted by atomic mass is 10.1. The Morgan fingerprint density at radius 2 is 1.75 bits per heavy atom. The minimum atomic E-state index is -0.0807. The van der Waals surface area contributed by atoms with Crippen molar-refractivity contribution in [2.75, 3.05) is 20.1 Å². The predicted molar refractivity (Wildman–Crippen MR) is 84.3 cm³/mol. The van der Waals surface area contributed by atoms with Crippen LogP contribution < -0.4 is 5.32 Å². The Morgan fingerprint density at radius 1 is 1.10 bits per heavy atom. The van der Waals surface area contributed by atoms with E-state index in [0.717, 1.165) is 37.3 Å². The molecule has 1 aromatic rings. The Bertz CT molecular complexity index is 371. The van der Waals surface area contributed by atoms with Crippen LogP contribution in [-0.4, -0.2) is 25.0 Å². The number of rotatable bonds is 10. The quantitative estimate of drug-likeness (QED) is 0.698. The maximum atomic E-state index is 14.0. The summed E-state index contributed by atoms with van der Waals surface area (Å²) in [4.78, 5) is 2.38. The molecule has 1 aromatic carbocycles. The monoisotopic (exact) mass is 280 g/mol. The van der Waals surface area contributed by atoms with Crippen molar-refractivity contribution >= 4 is 0 Å². The molecule has 0 fully saturated rings. The van der Waals surface area contributed by atoms with Gasteiger partial charge in [0.25, 0.3) is 0 Å². The number of hydrogen-bond acceptors (Lipinski definition) is 2.